The number of amides is 1. The van der Waals surface area contributed by atoms with Crippen LogP contribution in [-0.4, -0.2) is 28.4 Å². The summed E-state index contributed by atoms with van der Waals surface area (Å²) < 4.78 is 0. The maximum Gasteiger partial charge on any atom is 0.312 e. The van der Waals surface area contributed by atoms with E-state index in [4.69, 9.17) is 5.11 Å². The summed E-state index contributed by atoms with van der Waals surface area (Å²) in [5, 5.41) is 8.63. The summed E-state index contributed by atoms with van der Waals surface area (Å²) in [4.78, 5) is 23.9. The van der Waals surface area contributed by atoms with Crippen molar-refractivity contribution in [3.8, 4) is 0 Å². The quantitative estimate of drug-likeness (QED) is 0.786. The molecule has 1 aromatic carbocycles. The number of aryl methyl sites for hydroxylation is 1. The molecule has 0 atom stereocenters. The van der Waals surface area contributed by atoms with Crippen LogP contribution in [-0.2, 0) is 22.6 Å². The number of hydrogen-bond donors (Lipinski definition) is 1. The molecule has 1 aliphatic rings. The van der Waals surface area contributed by atoms with E-state index < -0.39 is 12.4 Å². The van der Waals surface area contributed by atoms with Crippen molar-refractivity contribution < 1.29 is 14.7 Å². The van der Waals surface area contributed by atoms with Gasteiger partial charge < -0.3 is 10.0 Å². The number of carbonyl (C=O) groups is 2. The largest absolute Gasteiger partial charge is 0.481 e. The van der Waals surface area contributed by atoms with Crippen LogP contribution < -0.4 is 0 Å². The number of aliphatic carboxylic acids is 1. The summed E-state index contributed by atoms with van der Waals surface area (Å²) in [5.74, 6) is -1.36. The topological polar surface area (TPSA) is 57.6 Å². The third-order valence-electron chi connectivity index (χ3n) is 3.01. The average Bonchev–Trinajstić information content (AvgIpc) is 2.49. The molecule has 0 saturated heterocycles. The highest BCUT2D eigenvalue weighted by molar-refractivity contribution is 5.93. The molecule has 0 fully saturated rings. The minimum absolute atomic E-state index is 0.297. The van der Waals surface area contributed by atoms with Crippen molar-refractivity contribution >= 4 is 11.9 Å². The van der Waals surface area contributed by atoms with Gasteiger partial charge in [0.15, 0.2) is 0 Å². The molecule has 1 aliphatic heterocycles. The van der Waals surface area contributed by atoms with Gasteiger partial charge in [0.1, 0.15) is 6.42 Å². The normalized spacial score (nSPS) is 14.9. The summed E-state index contributed by atoms with van der Waals surface area (Å²) in [7, 11) is 0. The molecule has 1 heterocycles. The maximum atomic E-state index is 11.7. The molecule has 1 amide bonds. The Balaban J connectivity index is 2.13. The van der Waals surface area contributed by atoms with Crippen molar-refractivity contribution in [2.24, 2.45) is 0 Å². The van der Waals surface area contributed by atoms with Crippen LogP contribution in [0.15, 0.2) is 24.3 Å². The molecule has 0 spiro atoms. The SMILES string of the molecule is O=C(O)CC(=O)N1CCCc2ccccc2C1. The van der Waals surface area contributed by atoms with E-state index in [-0.39, 0.29) is 5.91 Å². The standard InChI is InChI=1S/C13H15NO3/c15-12(8-13(16)17)14-7-3-6-10-4-1-2-5-11(10)9-14/h1-2,4-5H,3,6-9H2,(H,16,17). The van der Waals surface area contributed by atoms with Crippen molar-refractivity contribution in [1.82, 2.24) is 4.90 Å². The van der Waals surface area contributed by atoms with E-state index in [1.54, 1.807) is 4.90 Å². The molecule has 0 aromatic heterocycles. The highest BCUT2D eigenvalue weighted by Gasteiger charge is 2.20. The predicted octanol–water partition coefficient (Wildman–Crippen LogP) is 1.44. The van der Waals surface area contributed by atoms with Crippen LogP contribution in [0.2, 0.25) is 0 Å². The number of nitrogens with zero attached hydrogens (tertiary/aromatic N) is 1. The Hall–Kier alpha value is -1.84. The molecular formula is C13H15NO3. The molecule has 0 radical (unpaired) electrons. The van der Waals surface area contributed by atoms with Crippen LogP contribution >= 0.6 is 0 Å². The zero-order valence-corrected chi connectivity index (χ0v) is 9.56. The first kappa shape index (κ1) is 11.6. The minimum atomic E-state index is -1.06. The van der Waals surface area contributed by atoms with E-state index in [1.165, 1.54) is 5.56 Å². The Bertz CT molecular complexity index is 442. The van der Waals surface area contributed by atoms with Crippen molar-refractivity contribution in [1.29, 1.82) is 0 Å². The maximum absolute atomic E-state index is 11.7. The van der Waals surface area contributed by atoms with E-state index in [1.807, 2.05) is 18.2 Å². The second kappa shape index (κ2) is 4.99. The van der Waals surface area contributed by atoms with Crippen LogP contribution in [0.4, 0.5) is 0 Å². The molecule has 2 rings (SSSR count). The monoisotopic (exact) mass is 233 g/mol. The van der Waals surface area contributed by atoms with Crippen LogP contribution in [0.25, 0.3) is 0 Å². The third-order valence-corrected chi connectivity index (χ3v) is 3.01. The number of benzene rings is 1. The fourth-order valence-corrected chi connectivity index (χ4v) is 2.15. The summed E-state index contributed by atoms with van der Waals surface area (Å²) >= 11 is 0. The van der Waals surface area contributed by atoms with Crippen molar-refractivity contribution in [2.45, 2.75) is 25.8 Å². The predicted molar refractivity (Wildman–Crippen MR) is 62.4 cm³/mol. The van der Waals surface area contributed by atoms with Gasteiger partial charge in [0.25, 0.3) is 0 Å². The molecule has 1 aromatic rings. The van der Waals surface area contributed by atoms with Gasteiger partial charge in [0.2, 0.25) is 5.91 Å². The first-order valence-corrected chi connectivity index (χ1v) is 5.73. The zero-order valence-electron chi connectivity index (χ0n) is 9.56. The molecule has 0 saturated carbocycles. The van der Waals surface area contributed by atoms with Gasteiger partial charge in [0, 0.05) is 13.1 Å². The first-order valence-electron chi connectivity index (χ1n) is 5.73. The number of hydrogen-bond acceptors (Lipinski definition) is 2. The van der Waals surface area contributed by atoms with E-state index in [2.05, 4.69) is 6.07 Å². The Morgan fingerprint density at radius 3 is 2.65 bits per heavy atom. The number of carboxylic acids is 1. The zero-order chi connectivity index (χ0) is 12.3. The van der Waals surface area contributed by atoms with Gasteiger partial charge in [-0.1, -0.05) is 24.3 Å². The van der Waals surface area contributed by atoms with Gasteiger partial charge in [-0.3, -0.25) is 9.59 Å². The summed E-state index contributed by atoms with van der Waals surface area (Å²) in [6.45, 7) is 1.17. The lowest BCUT2D eigenvalue weighted by molar-refractivity contribution is -0.144. The van der Waals surface area contributed by atoms with Gasteiger partial charge in [0.05, 0.1) is 0 Å². The van der Waals surface area contributed by atoms with Crippen LogP contribution in [0.5, 0.6) is 0 Å². The summed E-state index contributed by atoms with van der Waals surface area (Å²) in [6, 6.07) is 8.01. The first-order chi connectivity index (χ1) is 8.16. The number of rotatable bonds is 2. The molecule has 17 heavy (non-hydrogen) atoms. The minimum Gasteiger partial charge on any atom is -0.481 e. The second-order valence-corrected chi connectivity index (χ2v) is 4.26. The molecule has 0 bridgehead atoms. The fraction of sp³-hybridized carbons (Fsp3) is 0.385. The molecule has 4 heteroatoms. The highest BCUT2D eigenvalue weighted by atomic mass is 16.4. The van der Waals surface area contributed by atoms with Gasteiger partial charge in [-0.05, 0) is 24.0 Å². The Morgan fingerprint density at radius 2 is 1.94 bits per heavy atom. The van der Waals surface area contributed by atoms with Crippen LogP contribution in [0, 0.1) is 0 Å². The number of carboxylic acid groups (broad SMARTS) is 1. The van der Waals surface area contributed by atoms with E-state index >= 15 is 0 Å². The Kier molecular flexibility index (Phi) is 3.42. The van der Waals surface area contributed by atoms with Gasteiger partial charge in [-0.25, -0.2) is 0 Å². The summed E-state index contributed by atoms with van der Waals surface area (Å²) in [5.41, 5.74) is 2.39. The highest BCUT2D eigenvalue weighted by Crippen LogP contribution is 2.18. The molecule has 4 nitrogen and oxygen atoms in total. The van der Waals surface area contributed by atoms with Gasteiger partial charge >= 0.3 is 5.97 Å². The molecule has 0 unspecified atom stereocenters. The third kappa shape index (κ3) is 2.84. The lowest BCUT2D eigenvalue weighted by Crippen LogP contribution is -2.32. The van der Waals surface area contributed by atoms with E-state index in [9.17, 15) is 9.59 Å². The van der Waals surface area contributed by atoms with Crippen molar-refractivity contribution in [2.75, 3.05) is 6.54 Å². The molecule has 0 aliphatic carbocycles. The van der Waals surface area contributed by atoms with Gasteiger partial charge in [-0.2, -0.15) is 0 Å². The lowest BCUT2D eigenvalue weighted by Gasteiger charge is -2.19. The number of carbonyl (C=O) groups excluding carboxylic acids is 1. The van der Waals surface area contributed by atoms with E-state index in [0.717, 1.165) is 18.4 Å². The second-order valence-electron chi connectivity index (χ2n) is 4.26. The van der Waals surface area contributed by atoms with E-state index in [0.29, 0.717) is 13.1 Å². The molecular weight excluding hydrogens is 218 g/mol. The smallest absolute Gasteiger partial charge is 0.312 e. The average molecular weight is 233 g/mol. The Labute approximate surface area is 99.9 Å². The van der Waals surface area contributed by atoms with Crippen molar-refractivity contribution in [3.05, 3.63) is 35.4 Å². The van der Waals surface area contributed by atoms with Gasteiger partial charge in [-0.15, -0.1) is 0 Å². The lowest BCUT2D eigenvalue weighted by atomic mass is 10.0. The van der Waals surface area contributed by atoms with Crippen LogP contribution in [0.1, 0.15) is 24.0 Å². The molecule has 1 N–H and O–H groups in total. The van der Waals surface area contributed by atoms with Crippen LogP contribution in [0.3, 0.4) is 0 Å². The number of fused-ring (bicyclic) bond motifs is 1. The summed E-state index contributed by atoms with van der Waals surface area (Å²) in [6.07, 6.45) is 1.43. The Morgan fingerprint density at radius 1 is 1.24 bits per heavy atom. The van der Waals surface area contributed by atoms with Crippen molar-refractivity contribution in [3.63, 3.8) is 0 Å². The molecule has 90 valence electrons. The fourth-order valence-electron chi connectivity index (χ4n) is 2.15.